The van der Waals surface area contributed by atoms with Crippen LogP contribution in [0.5, 0.6) is 0 Å². The van der Waals surface area contributed by atoms with Crippen LogP contribution in [0.1, 0.15) is 42.9 Å². The van der Waals surface area contributed by atoms with E-state index < -0.39 is 0 Å². The number of piperidine rings is 1. The van der Waals surface area contributed by atoms with Gasteiger partial charge in [-0.25, -0.2) is 15.8 Å². The highest BCUT2D eigenvalue weighted by molar-refractivity contribution is 5.92. The highest BCUT2D eigenvalue weighted by atomic mass is 16.2. The highest BCUT2D eigenvalue weighted by Gasteiger charge is 2.30. The third-order valence-electron chi connectivity index (χ3n) is 3.39. The maximum Gasteiger partial charge on any atom is 0.272 e. The van der Waals surface area contributed by atoms with Gasteiger partial charge in [0.2, 0.25) is 5.95 Å². The fraction of sp³-hybridized carbons (Fsp3) is 0.615. The minimum atomic E-state index is -0.0465. The third kappa shape index (κ3) is 3.20. The lowest BCUT2D eigenvalue weighted by molar-refractivity contribution is 0.0577. The summed E-state index contributed by atoms with van der Waals surface area (Å²) in [5.41, 5.74) is 3.69. The molecule has 1 aliphatic rings. The zero-order chi connectivity index (χ0) is 14.0. The molecule has 6 nitrogen and oxygen atoms in total. The van der Waals surface area contributed by atoms with Crippen LogP contribution in [0.4, 0.5) is 5.95 Å². The molecule has 0 aliphatic carbocycles. The van der Waals surface area contributed by atoms with Gasteiger partial charge in [-0.3, -0.25) is 10.2 Å². The summed E-state index contributed by atoms with van der Waals surface area (Å²) in [6, 6.07) is 1.70. The summed E-state index contributed by atoms with van der Waals surface area (Å²) in [4.78, 5) is 22.6. The lowest BCUT2D eigenvalue weighted by atomic mass is 9.84. The number of nitrogen functional groups attached to an aromatic ring is 1. The fourth-order valence-corrected chi connectivity index (χ4v) is 2.50. The van der Waals surface area contributed by atoms with Gasteiger partial charge in [-0.1, -0.05) is 13.8 Å². The molecule has 0 radical (unpaired) electrons. The number of hydrogen-bond acceptors (Lipinski definition) is 5. The van der Waals surface area contributed by atoms with Crippen LogP contribution >= 0.6 is 0 Å². The summed E-state index contributed by atoms with van der Waals surface area (Å²) in [7, 11) is 0. The number of rotatable bonds is 2. The van der Waals surface area contributed by atoms with Gasteiger partial charge in [0.1, 0.15) is 5.69 Å². The molecule has 1 aliphatic heterocycles. The molecule has 1 aromatic heterocycles. The van der Waals surface area contributed by atoms with E-state index in [9.17, 15) is 4.79 Å². The standard InChI is InChI=1S/C13H21N5O/c1-9-7-10(16-12(15-9)17-14)11(19)18-6-4-5-13(2,3)8-18/h7H,4-6,8,14H2,1-3H3,(H,15,16,17). The maximum atomic E-state index is 12.5. The van der Waals surface area contributed by atoms with Crippen LogP contribution in [0.3, 0.4) is 0 Å². The van der Waals surface area contributed by atoms with Crippen molar-refractivity contribution >= 4 is 11.9 Å². The normalized spacial score (nSPS) is 18.2. The second-order valence-electron chi connectivity index (χ2n) is 5.86. The second kappa shape index (κ2) is 5.13. The number of aromatic nitrogens is 2. The molecule has 1 aromatic rings. The molecule has 1 saturated heterocycles. The number of anilines is 1. The number of carbonyl (C=O) groups excluding carboxylic acids is 1. The number of nitrogens with zero attached hydrogens (tertiary/aromatic N) is 3. The second-order valence-corrected chi connectivity index (χ2v) is 5.86. The molecule has 1 fully saturated rings. The van der Waals surface area contributed by atoms with Crippen LogP contribution in [0.15, 0.2) is 6.07 Å². The average Bonchev–Trinajstić information content (AvgIpc) is 2.35. The quantitative estimate of drug-likeness (QED) is 0.621. The molecular weight excluding hydrogens is 242 g/mol. The summed E-state index contributed by atoms with van der Waals surface area (Å²) in [5, 5.41) is 0. The molecule has 0 unspecified atom stereocenters. The largest absolute Gasteiger partial charge is 0.337 e. The van der Waals surface area contributed by atoms with Gasteiger partial charge >= 0.3 is 0 Å². The molecule has 1 amide bonds. The van der Waals surface area contributed by atoms with Crippen molar-refractivity contribution in [2.24, 2.45) is 11.3 Å². The number of nitrogens with two attached hydrogens (primary N) is 1. The summed E-state index contributed by atoms with van der Waals surface area (Å²) in [5.74, 6) is 5.54. The van der Waals surface area contributed by atoms with Crippen LogP contribution in [0, 0.1) is 12.3 Å². The maximum absolute atomic E-state index is 12.5. The number of nitrogens with one attached hydrogen (secondary N) is 1. The molecule has 2 heterocycles. The van der Waals surface area contributed by atoms with Crippen molar-refractivity contribution in [2.45, 2.75) is 33.6 Å². The van der Waals surface area contributed by atoms with Crippen molar-refractivity contribution in [3.05, 3.63) is 17.5 Å². The monoisotopic (exact) mass is 263 g/mol. The summed E-state index contributed by atoms with van der Waals surface area (Å²) in [6.45, 7) is 7.74. The molecule has 0 aromatic carbocycles. The Labute approximate surface area is 113 Å². The molecule has 0 bridgehead atoms. The number of hydrazine groups is 1. The zero-order valence-corrected chi connectivity index (χ0v) is 11.7. The molecule has 0 spiro atoms. The SMILES string of the molecule is Cc1cc(C(=O)N2CCCC(C)(C)C2)nc(NN)n1. The van der Waals surface area contributed by atoms with Crippen molar-refractivity contribution in [2.75, 3.05) is 18.5 Å². The van der Waals surface area contributed by atoms with E-state index >= 15 is 0 Å². The van der Waals surface area contributed by atoms with Gasteiger partial charge in [0.05, 0.1) is 0 Å². The average molecular weight is 263 g/mol. The van der Waals surface area contributed by atoms with Crippen molar-refractivity contribution in [3.8, 4) is 0 Å². The summed E-state index contributed by atoms with van der Waals surface area (Å²) in [6.07, 6.45) is 2.18. The van der Waals surface area contributed by atoms with E-state index in [0.717, 1.165) is 31.6 Å². The Balaban J connectivity index is 2.21. The van der Waals surface area contributed by atoms with Gasteiger partial charge in [-0.05, 0) is 31.2 Å². The first-order valence-corrected chi connectivity index (χ1v) is 6.53. The van der Waals surface area contributed by atoms with E-state index in [4.69, 9.17) is 5.84 Å². The van der Waals surface area contributed by atoms with Gasteiger partial charge in [-0.15, -0.1) is 0 Å². The van der Waals surface area contributed by atoms with Gasteiger partial charge in [0.15, 0.2) is 0 Å². The molecule has 104 valence electrons. The van der Waals surface area contributed by atoms with E-state index in [1.54, 1.807) is 6.07 Å². The number of carbonyl (C=O) groups is 1. The predicted octanol–water partition coefficient (Wildman–Crippen LogP) is 1.33. The van der Waals surface area contributed by atoms with Gasteiger partial charge < -0.3 is 4.90 Å². The lowest BCUT2D eigenvalue weighted by Crippen LogP contribution is -2.43. The zero-order valence-electron chi connectivity index (χ0n) is 11.7. The first-order valence-electron chi connectivity index (χ1n) is 6.53. The first kappa shape index (κ1) is 13.7. The van der Waals surface area contributed by atoms with Crippen molar-refractivity contribution in [1.82, 2.24) is 14.9 Å². The number of amides is 1. The van der Waals surface area contributed by atoms with E-state index in [0.29, 0.717) is 5.69 Å². The van der Waals surface area contributed by atoms with Crippen LogP contribution < -0.4 is 11.3 Å². The fourth-order valence-electron chi connectivity index (χ4n) is 2.50. The predicted molar refractivity (Wildman–Crippen MR) is 73.5 cm³/mol. The van der Waals surface area contributed by atoms with Crippen molar-refractivity contribution in [1.29, 1.82) is 0 Å². The molecule has 6 heteroatoms. The Morgan fingerprint density at radius 2 is 2.21 bits per heavy atom. The van der Waals surface area contributed by atoms with E-state index in [1.807, 2.05) is 11.8 Å². The van der Waals surface area contributed by atoms with Gasteiger partial charge in [0.25, 0.3) is 5.91 Å². The Morgan fingerprint density at radius 3 is 2.84 bits per heavy atom. The molecular formula is C13H21N5O. The first-order chi connectivity index (χ1) is 8.91. The van der Waals surface area contributed by atoms with Crippen LogP contribution in [-0.2, 0) is 0 Å². The Bertz CT molecular complexity index is 486. The molecule has 3 N–H and O–H groups in total. The number of likely N-dealkylation sites (tertiary alicyclic amines) is 1. The van der Waals surface area contributed by atoms with Crippen molar-refractivity contribution in [3.63, 3.8) is 0 Å². The minimum Gasteiger partial charge on any atom is -0.337 e. The van der Waals surface area contributed by atoms with Crippen LogP contribution in [-0.4, -0.2) is 33.9 Å². The molecule has 2 rings (SSSR count). The summed E-state index contributed by atoms with van der Waals surface area (Å²) < 4.78 is 0. The van der Waals surface area contributed by atoms with Gasteiger partial charge in [0, 0.05) is 18.8 Å². The van der Waals surface area contributed by atoms with E-state index in [-0.39, 0.29) is 17.3 Å². The Morgan fingerprint density at radius 1 is 1.47 bits per heavy atom. The Kier molecular flexibility index (Phi) is 3.71. The molecule has 0 saturated carbocycles. The van der Waals surface area contributed by atoms with Crippen LogP contribution in [0.25, 0.3) is 0 Å². The number of aryl methyl sites for hydroxylation is 1. The van der Waals surface area contributed by atoms with E-state index in [2.05, 4.69) is 29.2 Å². The smallest absolute Gasteiger partial charge is 0.272 e. The molecule has 0 atom stereocenters. The summed E-state index contributed by atoms with van der Waals surface area (Å²) >= 11 is 0. The van der Waals surface area contributed by atoms with Gasteiger partial charge in [-0.2, -0.15) is 0 Å². The van der Waals surface area contributed by atoms with Crippen molar-refractivity contribution < 1.29 is 4.79 Å². The number of hydrogen-bond donors (Lipinski definition) is 2. The topological polar surface area (TPSA) is 84.1 Å². The highest BCUT2D eigenvalue weighted by Crippen LogP contribution is 2.29. The third-order valence-corrected chi connectivity index (χ3v) is 3.39. The van der Waals surface area contributed by atoms with Crippen LogP contribution in [0.2, 0.25) is 0 Å². The lowest BCUT2D eigenvalue weighted by Gasteiger charge is -2.37. The Hall–Kier alpha value is -1.69. The molecule has 19 heavy (non-hydrogen) atoms. The minimum absolute atomic E-state index is 0.0465. The van der Waals surface area contributed by atoms with E-state index in [1.165, 1.54) is 0 Å².